The van der Waals surface area contributed by atoms with E-state index in [2.05, 4.69) is 11.1 Å². The van der Waals surface area contributed by atoms with Crippen LogP contribution in [0.2, 0.25) is 0 Å². The Morgan fingerprint density at radius 3 is 2.23 bits per heavy atom. The maximum atomic E-state index is 13.2. The summed E-state index contributed by atoms with van der Waals surface area (Å²) in [6.45, 7) is 11.0. The molecule has 2 atom stereocenters. The maximum absolute atomic E-state index is 13.2. The summed E-state index contributed by atoms with van der Waals surface area (Å²) in [5, 5.41) is 0. The zero-order chi connectivity index (χ0) is 21.9. The molecule has 1 aromatic heterocycles. The van der Waals surface area contributed by atoms with E-state index in [0.29, 0.717) is 18.7 Å². The highest BCUT2D eigenvalue weighted by molar-refractivity contribution is 7.98. The molecule has 1 saturated heterocycles. The minimum absolute atomic E-state index is 0.0211. The third kappa shape index (κ3) is 5.22. The number of piperazine rings is 1. The number of hydrogen-bond acceptors (Lipinski definition) is 4. The van der Waals surface area contributed by atoms with Gasteiger partial charge in [-0.25, -0.2) is 0 Å². The lowest BCUT2D eigenvalue weighted by atomic mass is 9.93. The van der Waals surface area contributed by atoms with E-state index in [1.54, 1.807) is 18.0 Å². The molecule has 6 heteroatoms. The van der Waals surface area contributed by atoms with Gasteiger partial charge in [-0.15, -0.1) is 11.8 Å². The number of hydrogen-bond donors (Lipinski definition) is 0. The average molecular weight is 426 g/mol. The number of benzene rings is 1. The second-order valence-electron chi connectivity index (χ2n) is 9.04. The number of rotatable bonds is 4. The highest BCUT2D eigenvalue weighted by Gasteiger charge is 2.38. The minimum atomic E-state index is -0.408. The maximum Gasteiger partial charge on any atom is 0.254 e. The van der Waals surface area contributed by atoms with Gasteiger partial charge < -0.3 is 9.80 Å². The van der Waals surface area contributed by atoms with E-state index < -0.39 is 5.41 Å². The Kier molecular flexibility index (Phi) is 6.86. The molecule has 0 saturated carbocycles. The van der Waals surface area contributed by atoms with Crippen LogP contribution in [0.25, 0.3) is 0 Å². The number of amides is 2. The van der Waals surface area contributed by atoms with Crippen LogP contribution in [0, 0.1) is 5.41 Å². The van der Waals surface area contributed by atoms with E-state index in [9.17, 15) is 9.59 Å². The van der Waals surface area contributed by atoms with E-state index in [-0.39, 0.29) is 23.9 Å². The van der Waals surface area contributed by atoms with Crippen LogP contribution < -0.4 is 0 Å². The summed E-state index contributed by atoms with van der Waals surface area (Å²) in [5.74, 6) is 1.02. The second-order valence-corrected chi connectivity index (χ2v) is 10.1. The molecule has 30 heavy (non-hydrogen) atoms. The summed E-state index contributed by atoms with van der Waals surface area (Å²) in [6.07, 6.45) is 3.65. The van der Waals surface area contributed by atoms with E-state index in [0.717, 1.165) is 10.6 Å². The van der Waals surface area contributed by atoms with Crippen molar-refractivity contribution in [2.75, 3.05) is 13.1 Å². The van der Waals surface area contributed by atoms with Crippen LogP contribution in [0.4, 0.5) is 0 Å². The fourth-order valence-electron chi connectivity index (χ4n) is 3.86. The first-order chi connectivity index (χ1) is 14.2. The Hall–Kier alpha value is -2.34. The van der Waals surface area contributed by atoms with Crippen LogP contribution >= 0.6 is 11.8 Å². The molecule has 0 unspecified atom stereocenters. The summed E-state index contributed by atoms with van der Waals surface area (Å²) in [7, 11) is 0. The Morgan fingerprint density at radius 2 is 1.70 bits per heavy atom. The highest BCUT2D eigenvalue weighted by Crippen LogP contribution is 2.26. The van der Waals surface area contributed by atoms with E-state index in [1.807, 2.05) is 80.9 Å². The van der Waals surface area contributed by atoms with Crippen LogP contribution in [0.3, 0.4) is 0 Å². The molecule has 0 N–H and O–H groups in total. The fraction of sp³-hybridized carbons (Fsp3) is 0.458. The van der Waals surface area contributed by atoms with Gasteiger partial charge in [0.05, 0.1) is 0 Å². The molecule has 0 spiro atoms. The van der Waals surface area contributed by atoms with Gasteiger partial charge in [-0.1, -0.05) is 26.8 Å². The molecule has 0 bridgehead atoms. The molecule has 2 aromatic rings. The number of carbonyl (C=O) groups is 2. The van der Waals surface area contributed by atoms with Gasteiger partial charge in [0, 0.05) is 59.2 Å². The second kappa shape index (κ2) is 9.21. The number of aromatic nitrogens is 1. The normalized spacial score (nSPS) is 19.6. The quantitative estimate of drug-likeness (QED) is 0.678. The van der Waals surface area contributed by atoms with Gasteiger partial charge in [0.2, 0.25) is 5.91 Å². The molecule has 0 radical (unpaired) electrons. The summed E-state index contributed by atoms with van der Waals surface area (Å²) < 4.78 is 0. The van der Waals surface area contributed by atoms with Crippen molar-refractivity contribution in [1.82, 2.24) is 14.8 Å². The first-order valence-corrected chi connectivity index (χ1v) is 11.4. The average Bonchev–Trinajstić information content (AvgIpc) is 2.71. The molecule has 2 amide bonds. The van der Waals surface area contributed by atoms with E-state index in [4.69, 9.17) is 0 Å². The minimum Gasteiger partial charge on any atom is -0.338 e. The summed E-state index contributed by atoms with van der Waals surface area (Å²) >= 11 is 1.73. The largest absolute Gasteiger partial charge is 0.338 e. The molecule has 5 nitrogen and oxygen atoms in total. The van der Waals surface area contributed by atoms with Crippen molar-refractivity contribution in [3.05, 3.63) is 59.9 Å². The van der Waals surface area contributed by atoms with Crippen molar-refractivity contribution < 1.29 is 9.59 Å². The topological polar surface area (TPSA) is 53.5 Å². The fourth-order valence-corrected chi connectivity index (χ4v) is 4.69. The van der Waals surface area contributed by atoms with Gasteiger partial charge in [0.25, 0.3) is 5.91 Å². The first-order valence-electron chi connectivity index (χ1n) is 10.4. The van der Waals surface area contributed by atoms with Crippen molar-refractivity contribution in [2.24, 2.45) is 5.41 Å². The third-order valence-electron chi connectivity index (χ3n) is 5.31. The Bertz CT molecular complexity index is 866. The van der Waals surface area contributed by atoms with Gasteiger partial charge in [-0.05, 0) is 49.7 Å². The standard InChI is InChI=1S/C24H31N3O2S/c1-17-14-26(23(29)24(3,4)5)15-18(2)27(17)22(28)20-8-10-21(11-9-20)30-16-19-7-6-12-25-13-19/h6-13,17-18H,14-16H2,1-5H3/t17-,18-/m0/s1. The SMILES string of the molecule is C[C@H]1CN(C(=O)C(C)(C)C)C[C@H](C)N1C(=O)c1ccc(SCc2cccnc2)cc1. The van der Waals surface area contributed by atoms with Crippen LogP contribution in [-0.2, 0) is 10.5 Å². The lowest BCUT2D eigenvalue weighted by molar-refractivity contribution is -0.143. The van der Waals surface area contributed by atoms with Gasteiger partial charge in [0.1, 0.15) is 0 Å². The number of nitrogens with zero attached hydrogens (tertiary/aromatic N) is 3. The number of carbonyl (C=O) groups excluding carboxylic acids is 2. The van der Waals surface area contributed by atoms with Crippen molar-refractivity contribution in [1.29, 1.82) is 0 Å². The third-order valence-corrected chi connectivity index (χ3v) is 6.40. The summed E-state index contributed by atoms with van der Waals surface area (Å²) in [6, 6.07) is 11.8. The lowest BCUT2D eigenvalue weighted by Crippen LogP contribution is -2.61. The lowest BCUT2D eigenvalue weighted by Gasteiger charge is -2.46. The van der Waals surface area contributed by atoms with Gasteiger partial charge in [-0.2, -0.15) is 0 Å². The molecule has 160 valence electrons. The summed E-state index contributed by atoms with van der Waals surface area (Å²) in [5.41, 5.74) is 1.46. The van der Waals surface area contributed by atoms with Crippen LogP contribution in [-0.4, -0.2) is 51.8 Å². The summed E-state index contributed by atoms with van der Waals surface area (Å²) in [4.78, 5) is 35.0. The van der Waals surface area contributed by atoms with E-state index in [1.165, 1.54) is 5.56 Å². The molecule has 1 aliphatic rings. The predicted octanol–water partition coefficient (Wildman–Crippen LogP) is 4.48. The van der Waals surface area contributed by atoms with E-state index >= 15 is 0 Å². The zero-order valence-electron chi connectivity index (χ0n) is 18.5. The van der Waals surface area contributed by atoms with Crippen LogP contribution in [0.1, 0.15) is 50.5 Å². The van der Waals surface area contributed by atoms with Crippen molar-refractivity contribution >= 4 is 23.6 Å². The molecule has 2 heterocycles. The molecule has 1 aliphatic heterocycles. The van der Waals surface area contributed by atoms with Gasteiger partial charge >= 0.3 is 0 Å². The molecule has 0 aliphatic carbocycles. The first kappa shape index (κ1) is 22.3. The zero-order valence-corrected chi connectivity index (χ0v) is 19.3. The smallest absolute Gasteiger partial charge is 0.254 e. The predicted molar refractivity (Wildman–Crippen MR) is 121 cm³/mol. The Balaban J connectivity index is 1.64. The van der Waals surface area contributed by atoms with Crippen molar-refractivity contribution in [2.45, 2.75) is 57.4 Å². The van der Waals surface area contributed by atoms with Gasteiger partial charge in [0.15, 0.2) is 0 Å². The Morgan fingerprint density at radius 1 is 1.07 bits per heavy atom. The Labute approximate surface area is 183 Å². The highest BCUT2D eigenvalue weighted by atomic mass is 32.2. The molecular formula is C24H31N3O2S. The van der Waals surface area contributed by atoms with Crippen LogP contribution in [0.15, 0.2) is 53.7 Å². The number of pyridine rings is 1. The van der Waals surface area contributed by atoms with Gasteiger partial charge in [-0.3, -0.25) is 14.6 Å². The monoisotopic (exact) mass is 425 g/mol. The van der Waals surface area contributed by atoms with Crippen LogP contribution in [0.5, 0.6) is 0 Å². The molecule has 1 aromatic carbocycles. The van der Waals surface area contributed by atoms with Crippen molar-refractivity contribution in [3.63, 3.8) is 0 Å². The molecule has 3 rings (SSSR count). The molecular weight excluding hydrogens is 394 g/mol. The number of thioether (sulfide) groups is 1. The van der Waals surface area contributed by atoms with Crippen molar-refractivity contribution in [3.8, 4) is 0 Å². The molecule has 1 fully saturated rings.